The van der Waals surface area contributed by atoms with E-state index in [1.54, 1.807) is 31.2 Å². The summed E-state index contributed by atoms with van der Waals surface area (Å²) in [7, 11) is 1.50. The second kappa shape index (κ2) is 7.92. The van der Waals surface area contributed by atoms with E-state index in [0.717, 1.165) is 5.56 Å². The highest BCUT2D eigenvalue weighted by Gasteiger charge is 2.17. The summed E-state index contributed by atoms with van der Waals surface area (Å²) in [4.78, 5) is 21.7. The number of rotatable bonds is 6. The standard InChI is InChI=1S/C17H18BrN3O3/c1-10-5-4-6-12(9-10)15(22)11(2)24-21-16(19)14-8-7-13(18)17(20-14)23-3/h4-9,11H,1-3H3,(H2,19,21). The van der Waals surface area contributed by atoms with Crippen LogP contribution in [0.5, 0.6) is 5.88 Å². The van der Waals surface area contributed by atoms with Crippen molar-refractivity contribution in [2.24, 2.45) is 10.9 Å². The number of hydrogen-bond donors (Lipinski definition) is 1. The molecular weight excluding hydrogens is 374 g/mol. The van der Waals surface area contributed by atoms with Crippen LogP contribution in [0.3, 0.4) is 0 Å². The number of oxime groups is 1. The summed E-state index contributed by atoms with van der Waals surface area (Å²) >= 11 is 3.31. The third-order valence-electron chi connectivity index (χ3n) is 3.25. The Labute approximate surface area is 148 Å². The number of Topliss-reactive ketones (excluding diaryl/α,β-unsaturated/α-hetero) is 1. The van der Waals surface area contributed by atoms with Crippen LogP contribution >= 0.6 is 15.9 Å². The zero-order valence-electron chi connectivity index (χ0n) is 13.6. The van der Waals surface area contributed by atoms with Gasteiger partial charge in [-0.25, -0.2) is 4.98 Å². The molecule has 0 aliphatic rings. The van der Waals surface area contributed by atoms with Crippen LogP contribution in [0, 0.1) is 6.92 Å². The number of hydrogen-bond acceptors (Lipinski definition) is 5. The van der Waals surface area contributed by atoms with Gasteiger partial charge in [-0.05, 0) is 48.0 Å². The van der Waals surface area contributed by atoms with Gasteiger partial charge in [-0.1, -0.05) is 28.9 Å². The maximum absolute atomic E-state index is 12.3. The molecule has 0 saturated heterocycles. The molecule has 0 fully saturated rings. The molecule has 2 aromatic rings. The lowest BCUT2D eigenvalue weighted by Crippen LogP contribution is -2.22. The number of ether oxygens (including phenoxy) is 1. The van der Waals surface area contributed by atoms with E-state index in [1.807, 2.05) is 19.1 Å². The van der Waals surface area contributed by atoms with Gasteiger partial charge in [-0.3, -0.25) is 4.79 Å². The summed E-state index contributed by atoms with van der Waals surface area (Å²) in [6.07, 6.45) is -0.761. The lowest BCUT2D eigenvalue weighted by atomic mass is 10.1. The smallest absolute Gasteiger partial charge is 0.228 e. The van der Waals surface area contributed by atoms with Crippen LogP contribution < -0.4 is 10.5 Å². The molecule has 0 amide bonds. The van der Waals surface area contributed by atoms with Gasteiger partial charge in [0.05, 0.1) is 11.6 Å². The third-order valence-corrected chi connectivity index (χ3v) is 3.85. The van der Waals surface area contributed by atoms with Gasteiger partial charge in [0.1, 0.15) is 5.69 Å². The maximum atomic E-state index is 12.3. The van der Waals surface area contributed by atoms with Crippen molar-refractivity contribution in [1.82, 2.24) is 4.98 Å². The second-order valence-electron chi connectivity index (χ2n) is 5.15. The van der Waals surface area contributed by atoms with Gasteiger partial charge in [-0.15, -0.1) is 0 Å². The van der Waals surface area contributed by atoms with E-state index in [0.29, 0.717) is 21.6 Å². The van der Waals surface area contributed by atoms with Gasteiger partial charge in [0.15, 0.2) is 11.9 Å². The minimum absolute atomic E-state index is 0.0599. The number of aromatic nitrogens is 1. The summed E-state index contributed by atoms with van der Waals surface area (Å²) in [6, 6.07) is 10.7. The van der Waals surface area contributed by atoms with Crippen molar-refractivity contribution in [3.05, 3.63) is 57.7 Å². The quantitative estimate of drug-likeness (QED) is 0.353. The lowest BCUT2D eigenvalue weighted by molar-refractivity contribution is 0.0502. The molecule has 0 aliphatic heterocycles. The molecule has 126 valence electrons. The van der Waals surface area contributed by atoms with Crippen LogP contribution in [0.1, 0.15) is 28.5 Å². The summed E-state index contributed by atoms with van der Waals surface area (Å²) in [5.74, 6) is 0.274. The molecule has 2 N–H and O–H groups in total. The minimum Gasteiger partial charge on any atom is -0.480 e. The number of carbonyl (C=O) groups is 1. The van der Waals surface area contributed by atoms with Gasteiger partial charge >= 0.3 is 0 Å². The Hall–Kier alpha value is -2.41. The summed E-state index contributed by atoms with van der Waals surface area (Å²) in [6.45, 7) is 3.54. The van der Waals surface area contributed by atoms with Crippen molar-refractivity contribution in [3.8, 4) is 5.88 Å². The molecule has 0 bridgehead atoms. The van der Waals surface area contributed by atoms with E-state index in [2.05, 4.69) is 26.1 Å². The van der Waals surface area contributed by atoms with E-state index in [1.165, 1.54) is 7.11 Å². The average molecular weight is 392 g/mol. The Bertz CT molecular complexity index is 777. The van der Waals surface area contributed by atoms with Crippen molar-refractivity contribution in [2.45, 2.75) is 20.0 Å². The molecule has 0 aliphatic carbocycles. The number of ketones is 1. The highest BCUT2D eigenvalue weighted by molar-refractivity contribution is 9.10. The molecule has 0 spiro atoms. The largest absolute Gasteiger partial charge is 0.480 e. The molecular formula is C17H18BrN3O3. The number of carbonyl (C=O) groups excluding carboxylic acids is 1. The first kappa shape index (κ1) is 17.9. The monoisotopic (exact) mass is 391 g/mol. The number of pyridine rings is 1. The number of halogens is 1. The number of aryl methyl sites for hydroxylation is 1. The molecule has 7 heteroatoms. The van der Waals surface area contributed by atoms with Crippen LogP contribution in [-0.2, 0) is 4.84 Å². The lowest BCUT2D eigenvalue weighted by Gasteiger charge is -2.10. The van der Waals surface area contributed by atoms with Crippen molar-refractivity contribution in [2.75, 3.05) is 7.11 Å². The van der Waals surface area contributed by atoms with Gasteiger partial charge in [0, 0.05) is 5.56 Å². The summed E-state index contributed by atoms with van der Waals surface area (Å²) in [5, 5.41) is 3.81. The third kappa shape index (κ3) is 4.32. The van der Waals surface area contributed by atoms with Gasteiger partial charge in [0.2, 0.25) is 11.7 Å². The molecule has 6 nitrogen and oxygen atoms in total. The minimum atomic E-state index is -0.761. The second-order valence-corrected chi connectivity index (χ2v) is 6.00. The molecule has 1 aromatic heterocycles. The summed E-state index contributed by atoms with van der Waals surface area (Å²) in [5.41, 5.74) is 7.83. The molecule has 1 atom stereocenters. The van der Waals surface area contributed by atoms with Crippen LogP contribution in [0.25, 0.3) is 0 Å². The van der Waals surface area contributed by atoms with E-state index >= 15 is 0 Å². The fraction of sp³-hybridized carbons (Fsp3) is 0.235. The number of nitrogens with zero attached hydrogens (tertiary/aromatic N) is 2. The topological polar surface area (TPSA) is 86.8 Å². The molecule has 24 heavy (non-hydrogen) atoms. The fourth-order valence-corrected chi connectivity index (χ4v) is 2.36. The van der Waals surface area contributed by atoms with E-state index in [4.69, 9.17) is 15.3 Å². The zero-order valence-corrected chi connectivity index (χ0v) is 15.2. The highest BCUT2D eigenvalue weighted by Crippen LogP contribution is 2.21. The zero-order chi connectivity index (χ0) is 17.7. The van der Waals surface area contributed by atoms with E-state index < -0.39 is 6.10 Å². The predicted molar refractivity (Wildman–Crippen MR) is 95.3 cm³/mol. The van der Waals surface area contributed by atoms with Crippen LogP contribution in [-0.4, -0.2) is 29.8 Å². The van der Waals surface area contributed by atoms with Crippen molar-refractivity contribution >= 4 is 27.5 Å². The number of methoxy groups -OCH3 is 1. The Morgan fingerprint density at radius 3 is 2.75 bits per heavy atom. The predicted octanol–water partition coefficient (Wildman–Crippen LogP) is 3.07. The fourth-order valence-electron chi connectivity index (χ4n) is 1.97. The Morgan fingerprint density at radius 1 is 1.33 bits per heavy atom. The van der Waals surface area contributed by atoms with Crippen molar-refractivity contribution in [1.29, 1.82) is 0 Å². The Morgan fingerprint density at radius 2 is 2.08 bits per heavy atom. The Kier molecular flexibility index (Phi) is 5.92. The SMILES string of the molecule is COc1nc(/C(N)=N/OC(C)C(=O)c2cccc(C)c2)ccc1Br. The molecule has 0 radical (unpaired) electrons. The van der Waals surface area contributed by atoms with Crippen LogP contribution in [0.4, 0.5) is 0 Å². The number of benzene rings is 1. The first-order valence-corrected chi connectivity index (χ1v) is 8.02. The van der Waals surface area contributed by atoms with Crippen molar-refractivity contribution < 1.29 is 14.4 Å². The molecule has 1 aromatic carbocycles. The number of amidine groups is 1. The molecule has 0 saturated carbocycles. The van der Waals surface area contributed by atoms with Crippen LogP contribution in [0.15, 0.2) is 46.0 Å². The van der Waals surface area contributed by atoms with E-state index in [9.17, 15) is 4.79 Å². The normalized spacial score (nSPS) is 12.6. The van der Waals surface area contributed by atoms with Gasteiger partial charge < -0.3 is 15.3 Å². The first-order chi connectivity index (χ1) is 11.4. The Balaban J connectivity index is 2.10. The first-order valence-electron chi connectivity index (χ1n) is 7.23. The number of nitrogens with two attached hydrogens (primary N) is 1. The highest BCUT2D eigenvalue weighted by atomic mass is 79.9. The van der Waals surface area contributed by atoms with Gasteiger partial charge in [0.25, 0.3) is 0 Å². The van der Waals surface area contributed by atoms with Crippen molar-refractivity contribution in [3.63, 3.8) is 0 Å². The molecule has 2 rings (SSSR count). The van der Waals surface area contributed by atoms with E-state index in [-0.39, 0.29) is 11.6 Å². The molecule has 1 heterocycles. The van der Waals surface area contributed by atoms with Gasteiger partial charge in [-0.2, -0.15) is 0 Å². The maximum Gasteiger partial charge on any atom is 0.228 e. The van der Waals surface area contributed by atoms with Crippen LogP contribution in [0.2, 0.25) is 0 Å². The summed E-state index contributed by atoms with van der Waals surface area (Å²) < 4.78 is 5.80. The molecule has 1 unspecified atom stereocenters. The average Bonchev–Trinajstić information content (AvgIpc) is 2.59.